The largest absolute Gasteiger partial charge is 0.490 e. The Morgan fingerprint density at radius 1 is 1.35 bits per heavy atom. The van der Waals surface area contributed by atoms with Crippen LogP contribution >= 0.6 is 23.5 Å². The Bertz CT molecular complexity index is 1170. The average Bonchev–Trinajstić information content (AvgIpc) is 2.83. The number of rotatable bonds is 8. The third-order valence-corrected chi connectivity index (χ3v) is 6.89. The molecule has 0 amide bonds. The van der Waals surface area contributed by atoms with Gasteiger partial charge in [0.25, 0.3) is 0 Å². The molecule has 1 fully saturated rings. The summed E-state index contributed by atoms with van der Waals surface area (Å²) in [5.41, 5.74) is 0.483. The van der Waals surface area contributed by atoms with Crippen LogP contribution in [0.25, 0.3) is 0 Å². The molecule has 0 saturated carbocycles. The van der Waals surface area contributed by atoms with Gasteiger partial charge >= 0.3 is 29.2 Å². The van der Waals surface area contributed by atoms with Gasteiger partial charge in [0.1, 0.15) is 18.0 Å². The van der Waals surface area contributed by atoms with Gasteiger partial charge in [0, 0.05) is 0 Å². The number of nitrogens with two attached hydrogens (primary N) is 1. The fourth-order valence-corrected chi connectivity index (χ4v) is 4.98. The van der Waals surface area contributed by atoms with Crippen molar-refractivity contribution >= 4 is 29.3 Å². The average molecular weight is 512 g/mol. The minimum absolute atomic E-state index is 0.139. The summed E-state index contributed by atoms with van der Waals surface area (Å²) in [6, 6.07) is 0. The molecule has 0 spiro atoms. The van der Waals surface area contributed by atoms with Crippen molar-refractivity contribution in [3.8, 4) is 12.3 Å². The van der Waals surface area contributed by atoms with Gasteiger partial charge in [-0.1, -0.05) is 5.92 Å². The number of aliphatic hydroxyl groups excluding tert-OH is 1. The molecule has 2 rings (SSSR count). The van der Waals surface area contributed by atoms with Gasteiger partial charge in [-0.3, -0.25) is 4.52 Å². The summed E-state index contributed by atoms with van der Waals surface area (Å²) in [6.45, 7) is -3.78. The van der Waals surface area contributed by atoms with Crippen molar-refractivity contribution in [2.45, 2.75) is 24.1 Å². The van der Waals surface area contributed by atoms with Gasteiger partial charge in [-0.25, -0.2) is 22.9 Å². The second-order valence-corrected chi connectivity index (χ2v) is 9.82. The Balaban J connectivity index is 2.35. The van der Waals surface area contributed by atoms with Gasteiger partial charge in [0.05, 0.1) is 15.5 Å². The molecule has 0 bridgehead atoms. The Hall–Kier alpha value is -1.57. The number of ether oxygens (including phenoxy) is 1. The number of hydrogen-bond donors (Lipinski definition) is 6. The highest BCUT2D eigenvalue weighted by Crippen LogP contribution is 2.66. The number of hydrogen-bond acceptors (Lipinski definition) is 12. The monoisotopic (exact) mass is 512 g/mol. The maximum atomic E-state index is 15.3. The molecule has 0 radical (unpaired) electrons. The zero-order valence-electron chi connectivity index (χ0n) is 16.5. The maximum Gasteiger partial charge on any atom is 0.490 e. The molecule has 7 N–H and O–H groups in total. The van der Waals surface area contributed by atoms with Crippen molar-refractivity contribution in [2.24, 2.45) is 0 Å². The number of phosphoric acid groups is 3. The van der Waals surface area contributed by atoms with E-state index in [9.17, 15) is 28.5 Å². The van der Waals surface area contributed by atoms with Crippen molar-refractivity contribution in [1.82, 2.24) is 14.8 Å². The van der Waals surface area contributed by atoms with Crippen LogP contribution in [0.2, 0.25) is 0 Å². The van der Waals surface area contributed by atoms with Crippen LogP contribution < -0.4 is 11.4 Å². The molecule has 0 aromatic carbocycles. The van der Waals surface area contributed by atoms with E-state index in [0.717, 1.165) is 6.20 Å². The van der Waals surface area contributed by atoms with E-state index in [1.807, 2.05) is 0 Å². The minimum atomic E-state index is -6.09. The zero-order valence-corrected chi connectivity index (χ0v) is 17.2. The summed E-state index contributed by atoms with van der Waals surface area (Å²) in [4.78, 5) is 50.8. The van der Waals surface area contributed by atoms with Gasteiger partial charge in [-0.15, -0.1) is 6.42 Å². The summed E-state index contributed by atoms with van der Waals surface area (Å²) in [5, 5.41) is 13.6. The van der Waals surface area contributed by atoms with Crippen molar-refractivity contribution in [3.05, 3.63) is 16.7 Å². The van der Waals surface area contributed by atoms with Crippen LogP contribution in [-0.2, 0) is 31.6 Å². The second kappa shape index (κ2) is 8.75. The lowest BCUT2D eigenvalue weighted by Gasteiger charge is -2.22. The molecule has 1 aromatic rings. The van der Waals surface area contributed by atoms with Crippen molar-refractivity contribution in [3.63, 3.8) is 0 Å². The Morgan fingerprint density at radius 3 is 2.48 bits per heavy atom. The summed E-state index contributed by atoms with van der Waals surface area (Å²) in [7, 11) is -17.9. The molecule has 3 unspecified atom stereocenters. The number of nitrogen functional groups attached to an aromatic ring is 1. The lowest BCUT2D eigenvalue weighted by molar-refractivity contribution is -0.0601. The third-order valence-electron chi connectivity index (χ3n) is 3.23. The van der Waals surface area contributed by atoms with E-state index in [2.05, 4.69) is 23.2 Å². The quantitative estimate of drug-likeness (QED) is 0.165. The number of terminal acetylenes is 1. The van der Waals surface area contributed by atoms with Crippen molar-refractivity contribution in [2.75, 3.05) is 12.3 Å². The molecule has 2 heterocycles. The van der Waals surface area contributed by atoms with Crippen LogP contribution in [0.3, 0.4) is 0 Å². The standard InChI is InChI=1S/C10H14FN4O13P3/c1-2-10(11)7(16)5(26-8(10)15-9(17)14-6(12)3-13-15)4-25-30(21,22)28-31(23,24)27-29(18,19)20/h1,3,5,7-8,16H,4H2,(H,21,22)(H,23,24)(H2,12,14,17)(H2,18,19,20)/t5-,7+,8-,10?/m1/s1/i4D2. The lowest BCUT2D eigenvalue weighted by atomic mass is 9.97. The van der Waals surface area contributed by atoms with E-state index in [1.54, 1.807) is 0 Å². The summed E-state index contributed by atoms with van der Waals surface area (Å²) in [6.07, 6.45) is -1.93. The third kappa shape index (κ3) is 6.24. The number of alkyl halides is 1. The molecule has 1 saturated heterocycles. The molecule has 1 aromatic heterocycles. The first-order valence-corrected chi connectivity index (χ1v) is 11.8. The van der Waals surface area contributed by atoms with Gasteiger partial charge in [0.2, 0.25) is 11.9 Å². The fraction of sp³-hybridized carbons (Fsp3) is 0.500. The fourth-order valence-electron chi connectivity index (χ4n) is 2.10. The number of aliphatic hydroxyl groups is 1. The first-order valence-electron chi connectivity index (χ1n) is 8.29. The van der Waals surface area contributed by atoms with Gasteiger partial charge in [0.15, 0.2) is 0 Å². The van der Waals surface area contributed by atoms with Crippen molar-refractivity contribution in [1.29, 1.82) is 0 Å². The van der Waals surface area contributed by atoms with Crippen LogP contribution in [-0.4, -0.2) is 63.9 Å². The Morgan fingerprint density at radius 2 is 1.97 bits per heavy atom. The van der Waals surface area contributed by atoms with Crippen LogP contribution in [0.4, 0.5) is 10.2 Å². The van der Waals surface area contributed by atoms with Crippen LogP contribution in [0.5, 0.6) is 0 Å². The van der Waals surface area contributed by atoms with Gasteiger partial charge in [-0.2, -0.15) is 23.4 Å². The number of anilines is 1. The molecular weight excluding hydrogens is 496 g/mol. The minimum Gasteiger partial charge on any atom is -0.386 e. The van der Waals surface area contributed by atoms with Crippen molar-refractivity contribution < 1.29 is 63.4 Å². The summed E-state index contributed by atoms with van der Waals surface area (Å²) >= 11 is 0. The SMILES string of the molecule is [2H]C([2H])(OP(=O)(O)OP(=O)(O)OP(=O)(O)O)[C@H]1O[C@@H](n2ncc(N)nc2=O)C(F)(C#C)[C@H]1O. The molecule has 6 atom stereocenters. The van der Waals surface area contributed by atoms with Crippen LogP contribution in [0.1, 0.15) is 8.97 Å². The number of nitrogens with zero attached hydrogens (tertiary/aromatic N) is 3. The molecule has 1 aliphatic rings. The smallest absolute Gasteiger partial charge is 0.386 e. The molecule has 1 aliphatic heterocycles. The predicted octanol–water partition coefficient (Wildman–Crippen LogP) is -1.84. The Labute approximate surface area is 173 Å². The van der Waals surface area contributed by atoms with E-state index >= 15 is 4.39 Å². The van der Waals surface area contributed by atoms with E-state index < -0.39 is 65.6 Å². The molecule has 174 valence electrons. The molecule has 31 heavy (non-hydrogen) atoms. The highest BCUT2D eigenvalue weighted by molar-refractivity contribution is 7.66. The molecule has 17 nitrogen and oxygen atoms in total. The number of aromatic nitrogens is 3. The Kier molecular flexibility index (Phi) is 6.39. The van der Waals surface area contributed by atoms with Crippen LogP contribution in [0.15, 0.2) is 11.0 Å². The normalized spacial score (nSPS) is 31.7. The van der Waals surface area contributed by atoms with E-state index in [4.69, 9.17) is 34.3 Å². The zero-order chi connectivity index (χ0) is 25.6. The van der Waals surface area contributed by atoms with E-state index in [0.29, 0.717) is 0 Å². The first-order chi connectivity index (χ1) is 14.7. The highest BCUT2D eigenvalue weighted by atomic mass is 31.3. The maximum absolute atomic E-state index is 15.3. The van der Waals surface area contributed by atoms with E-state index in [-0.39, 0.29) is 4.68 Å². The summed E-state index contributed by atoms with van der Waals surface area (Å²) in [5.74, 6) is 1.03. The summed E-state index contributed by atoms with van der Waals surface area (Å²) < 4.78 is 80.4. The van der Waals surface area contributed by atoms with Gasteiger partial charge in [-0.05, 0) is 0 Å². The van der Waals surface area contributed by atoms with E-state index in [1.165, 1.54) is 5.92 Å². The molecule has 0 aliphatic carbocycles. The number of phosphoric ester groups is 1. The second-order valence-electron chi connectivity index (χ2n) is 5.47. The topological polar surface area (TPSA) is 263 Å². The number of halogens is 1. The van der Waals surface area contributed by atoms with Gasteiger partial charge < -0.3 is 35.2 Å². The molecular formula is C10H14FN4O13P3. The predicted molar refractivity (Wildman–Crippen MR) is 93.1 cm³/mol. The molecule has 21 heteroatoms. The lowest BCUT2D eigenvalue weighted by Crippen LogP contribution is -2.45. The highest BCUT2D eigenvalue weighted by Gasteiger charge is 2.59. The first kappa shape index (κ1) is 22.6. The van der Waals surface area contributed by atoms with Crippen LogP contribution in [0, 0.1) is 12.3 Å².